The Hall–Kier alpha value is -2.98. The summed E-state index contributed by atoms with van der Waals surface area (Å²) in [4.78, 5) is 8.48. The molecule has 0 radical (unpaired) electrons. The average Bonchev–Trinajstić information content (AvgIpc) is 2.78. The molecule has 146 valence electrons. The van der Waals surface area contributed by atoms with Crippen LogP contribution >= 0.6 is 11.6 Å². The third kappa shape index (κ3) is 3.34. The van der Waals surface area contributed by atoms with Gasteiger partial charge in [0, 0.05) is 49.0 Å². The number of para-hydroxylation sites is 1. The number of aromatic amines is 1. The van der Waals surface area contributed by atoms with Gasteiger partial charge in [0.15, 0.2) is 0 Å². The minimum absolute atomic E-state index is 0.737. The number of nitrogens with one attached hydrogen (secondary N) is 1. The summed E-state index contributed by atoms with van der Waals surface area (Å²) in [6.07, 6.45) is 0. The van der Waals surface area contributed by atoms with E-state index in [4.69, 9.17) is 16.3 Å². The molecule has 1 aromatic heterocycles. The highest BCUT2D eigenvalue weighted by Gasteiger charge is 2.24. The predicted molar refractivity (Wildman–Crippen MR) is 120 cm³/mol. The number of benzene rings is 3. The lowest BCUT2D eigenvalue weighted by Crippen LogP contribution is -2.46. The molecular weight excluding hydrogens is 382 g/mol. The van der Waals surface area contributed by atoms with Crippen molar-refractivity contribution in [1.82, 2.24) is 0 Å². The van der Waals surface area contributed by atoms with Crippen molar-refractivity contribution in [1.29, 1.82) is 0 Å². The normalized spacial score (nSPS) is 14.6. The molecule has 0 spiro atoms. The van der Waals surface area contributed by atoms with E-state index in [0.717, 1.165) is 48.0 Å². The van der Waals surface area contributed by atoms with Gasteiger partial charge < -0.3 is 14.5 Å². The maximum absolute atomic E-state index is 6.28. The second-order valence-corrected chi connectivity index (χ2v) is 7.82. The van der Waals surface area contributed by atoms with Crippen LogP contribution in [-0.2, 0) is 0 Å². The van der Waals surface area contributed by atoms with Crippen molar-refractivity contribution in [2.24, 2.45) is 0 Å². The van der Waals surface area contributed by atoms with Crippen LogP contribution in [0, 0.1) is 0 Å². The van der Waals surface area contributed by atoms with Crippen LogP contribution in [0.3, 0.4) is 0 Å². The van der Waals surface area contributed by atoms with Crippen LogP contribution in [0.15, 0.2) is 66.7 Å². The molecule has 4 aromatic rings. The molecule has 1 aliphatic heterocycles. The molecule has 1 N–H and O–H groups in total. The van der Waals surface area contributed by atoms with E-state index in [-0.39, 0.29) is 0 Å². The third-order valence-electron chi connectivity index (χ3n) is 5.71. The SMILES string of the molecule is COc1ccc2[nH+]c3cc(Cl)ccc3c(N3CCN(c4ccccc4)CC3)c2c1. The Balaban J connectivity index is 1.59. The summed E-state index contributed by atoms with van der Waals surface area (Å²) in [5.74, 6) is 0.864. The summed E-state index contributed by atoms with van der Waals surface area (Å²) in [7, 11) is 1.71. The van der Waals surface area contributed by atoms with E-state index < -0.39 is 0 Å². The number of hydrogen-bond acceptors (Lipinski definition) is 3. The molecular formula is C24H23ClN3O+. The first-order valence-corrected chi connectivity index (χ1v) is 10.3. The molecule has 5 heteroatoms. The summed E-state index contributed by atoms with van der Waals surface area (Å²) in [6, 6.07) is 22.9. The molecule has 5 rings (SSSR count). The number of anilines is 2. The van der Waals surface area contributed by atoms with Crippen molar-refractivity contribution < 1.29 is 9.72 Å². The summed E-state index contributed by atoms with van der Waals surface area (Å²) in [5, 5.41) is 3.09. The first kappa shape index (κ1) is 18.1. The Labute approximate surface area is 175 Å². The first-order valence-electron chi connectivity index (χ1n) is 9.90. The number of rotatable bonds is 3. The number of hydrogen-bond donors (Lipinski definition) is 0. The predicted octanol–water partition coefficient (Wildman–Crippen LogP) is 4.80. The Kier molecular flexibility index (Phi) is 4.64. The molecule has 0 bridgehead atoms. The van der Waals surface area contributed by atoms with E-state index >= 15 is 0 Å². The van der Waals surface area contributed by atoms with Crippen LogP contribution in [0.5, 0.6) is 5.75 Å². The van der Waals surface area contributed by atoms with Crippen molar-refractivity contribution in [3.63, 3.8) is 0 Å². The maximum Gasteiger partial charge on any atom is 0.214 e. The van der Waals surface area contributed by atoms with Gasteiger partial charge in [-0.2, -0.15) is 0 Å². The van der Waals surface area contributed by atoms with Gasteiger partial charge in [-0.1, -0.05) is 29.8 Å². The fourth-order valence-electron chi connectivity index (χ4n) is 4.24. The van der Waals surface area contributed by atoms with Crippen molar-refractivity contribution in [3.8, 4) is 5.75 Å². The number of ether oxygens (including phenoxy) is 1. The monoisotopic (exact) mass is 404 g/mol. The molecule has 3 aromatic carbocycles. The van der Waals surface area contributed by atoms with Crippen LogP contribution in [0.1, 0.15) is 0 Å². The number of piperazine rings is 1. The van der Waals surface area contributed by atoms with Crippen LogP contribution in [-0.4, -0.2) is 33.3 Å². The molecule has 1 saturated heterocycles. The highest BCUT2D eigenvalue weighted by molar-refractivity contribution is 6.31. The second kappa shape index (κ2) is 7.45. The van der Waals surface area contributed by atoms with E-state index in [9.17, 15) is 0 Å². The Morgan fingerprint density at radius 3 is 2.31 bits per heavy atom. The van der Waals surface area contributed by atoms with Gasteiger partial charge in [0.25, 0.3) is 0 Å². The van der Waals surface area contributed by atoms with Crippen LogP contribution in [0.2, 0.25) is 5.02 Å². The van der Waals surface area contributed by atoms with Crippen LogP contribution in [0.4, 0.5) is 11.4 Å². The zero-order valence-electron chi connectivity index (χ0n) is 16.4. The molecule has 1 aliphatic rings. The summed E-state index contributed by atoms with van der Waals surface area (Å²) in [5.41, 5.74) is 4.67. The lowest BCUT2D eigenvalue weighted by atomic mass is 10.1. The molecule has 2 heterocycles. The van der Waals surface area contributed by atoms with Gasteiger partial charge >= 0.3 is 0 Å². The highest BCUT2D eigenvalue weighted by atomic mass is 35.5. The molecule has 0 saturated carbocycles. The van der Waals surface area contributed by atoms with Gasteiger partial charge in [-0.3, -0.25) is 0 Å². The topological polar surface area (TPSA) is 29.9 Å². The average molecular weight is 405 g/mol. The van der Waals surface area contributed by atoms with Gasteiger partial charge in [-0.25, -0.2) is 4.98 Å². The number of halogens is 1. The molecule has 0 unspecified atom stereocenters. The van der Waals surface area contributed by atoms with E-state index in [2.05, 4.69) is 63.3 Å². The number of H-pyrrole nitrogens is 1. The maximum atomic E-state index is 6.28. The second-order valence-electron chi connectivity index (χ2n) is 7.38. The van der Waals surface area contributed by atoms with Crippen molar-refractivity contribution in [2.45, 2.75) is 0 Å². The smallest absolute Gasteiger partial charge is 0.214 e. The van der Waals surface area contributed by atoms with E-state index in [1.165, 1.54) is 22.1 Å². The number of nitrogens with zero attached hydrogens (tertiary/aromatic N) is 2. The molecule has 29 heavy (non-hydrogen) atoms. The van der Waals surface area contributed by atoms with E-state index in [1.54, 1.807) is 7.11 Å². The quantitative estimate of drug-likeness (QED) is 0.459. The summed E-state index contributed by atoms with van der Waals surface area (Å²) < 4.78 is 5.51. The summed E-state index contributed by atoms with van der Waals surface area (Å²) in [6.45, 7) is 3.90. The number of methoxy groups -OCH3 is 1. The lowest BCUT2D eigenvalue weighted by Gasteiger charge is -2.38. The Bertz CT molecular complexity index is 1170. The highest BCUT2D eigenvalue weighted by Crippen LogP contribution is 2.35. The number of fused-ring (bicyclic) bond motifs is 2. The van der Waals surface area contributed by atoms with Crippen molar-refractivity contribution in [2.75, 3.05) is 43.1 Å². The van der Waals surface area contributed by atoms with Crippen LogP contribution in [0.25, 0.3) is 21.8 Å². The minimum Gasteiger partial charge on any atom is -0.497 e. The van der Waals surface area contributed by atoms with Gasteiger partial charge in [0.2, 0.25) is 11.0 Å². The Morgan fingerprint density at radius 2 is 1.55 bits per heavy atom. The minimum atomic E-state index is 0.737. The molecule has 0 amide bonds. The van der Waals surface area contributed by atoms with E-state index in [0.29, 0.717) is 0 Å². The summed E-state index contributed by atoms with van der Waals surface area (Å²) >= 11 is 6.28. The third-order valence-corrected chi connectivity index (χ3v) is 5.94. The number of pyridine rings is 1. The van der Waals surface area contributed by atoms with Gasteiger partial charge in [-0.15, -0.1) is 0 Å². The van der Waals surface area contributed by atoms with Crippen LogP contribution < -0.4 is 19.5 Å². The van der Waals surface area contributed by atoms with Gasteiger partial charge in [0.1, 0.15) is 5.75 Å². The lowest BCUT2D eigenvalue weighted by molar-refractivity contribution is -0.310. The zero-order chi connectivity index (χ0) is 19.8. The van der Waals surface area contributed by atoms with Crippen molar-refractivity contribution >= 4 is 44.8 Å². The number of aromatic nitrogens is 1. The molecule has 1 fully saturated rings. The molecule has 0 aliphatic carbocycles. The standard InChI is InChI=1S/C24H22ClN3O/c1-29-19-8-10-22-21(16-19)24(20-9-7-17(25)15-23(20)26-22)28-13-11-27(12-14-28)18-5-3-2-4-6-18/h2-10,15-16H,11-14H2,1H3/p+1. The Morgan fingerprint density at radius 1 is 0.793 bits per heavy atom. The largest absolute Gasteiger partial charge is 0.497 e. The zero-order valence-corrected chi connectivity index (χ0v) is 17.1. The fraction of sp³-hybridized carbons (Fsp3) is 0.208. The van der Waals surface area contributed by atoms with E-state index in [1.807, 2.05) is 18.2 Å². The van der Waals surface area contributed by atoms with Gasteiger partial charge in [0.05, 0.1) is 23.6 Å². The van der Waals surface area contributed by atoms with Crippen molar-refractivity contribution in [3.05, 3.63) is 71.8 Å². The fourth-order valence-corrected chi connectivity index (χ4v) is 4.41. The molecule has 4 nitrogen and oxygen atoms in total. The van der Waals surface area contributed by atoms with Gasteiger partial charge in [-0.05, 0) is 36.4 Å². The first-order chi connectivity index (χ1) is 14.2. The molecule has 0 atom stereocenters.